The topological polar surface area (TPSA) is 78.1 Å². The Hall–Kier alpha value is -2.37. The molecule has 2 aliphatic carbocycles. The molecule has 6 heteroatoms. The van der Waals surface area contributed by atoms with E-state index >= 15 is 0 Å². The van der Waals surface area contributed by atoms with Gasteiger partial charge in [-0.1, -0.05) is 12.1 Å². The van der Waals surface area contributed by atoms with Gasteiger partial charge in [0.15, 0.2) is 0 Å². The van der Waals surface area contributed by atoms with Crippen LogP contribution in [-0.4, -0.2) is 45.8 Å². The number of aromatic amines is 1. The van der Waals surface area contributed by atoms with E-state index in [1.54, 1.807) is 0 Å². The third kappa shape index (κ3) is 4.02. The number of hydrogen-bond donors (Lipinski definition) is 2. The van der Waals surface area contributed by atoms with E-state index in [0.717, 1.165) is 61.9 Å². The molecule has 29 heavy (non-hydrogen) atoms. The third-order valence-electron chi connectivity index (χ3n) is 7.01. The molecule has 1 aromatic heterocycles. The Morgan fingerprint density at radius 1 is 1.10 bits per heavy atom. The van der Waals surface area contributed by atoms with Crippen molar-refractivity contribution in [1.29, 1.82) is 0 Å². The van der Waals surface area contributed by atoms with Gasteiger partial charge in [0.05, 0.1) is 17.0 Å². The molecule has 1 aliphatic heterocycles. The van der Waals surface area contributed by atoms with Crippen LogP contribution in [-0.2, 0) is 9.59 Å². The standard InChI is InChI=1S/C23H30N4O2/c28-21-12-9-17(14-27(21)18-10-11-18)23(29)24-13-15-5-7-16(8-6-15)22-25-19-3-1-2-4-20(19)26-22/h1-4,15-18H,5-14H2,(H,24,29)(H,25,26). The highest BCUT2D eigenvalue weighted by atomic mass is 16.2. The molecule has 2 saturated carbocycles. The van der Waals surface area contributed by atoms with Crippen LogP contribution >= 0.6 is 0 Å². The highest BCUT2D eigenvalue weighted by Crippen LogP contribution is 2.35. The maximum atomic E-state index is 12.7. The third-order valence-corrected chi connectivity index (χ3v) is 7.01. The van der Waals surface area contributed by atoms with Crippen molar-refractivity contribution >= 4 is 22.8 Å². The fourth-order valence-corrected chi connectivity index (χ4v) is 5.02. The number of hydrogen-bond acceptors (Lipinski definition) is 3. The number of rotatable bonds is 5. The van der Waals surface area contributed by atoms with Gasteiger partial charge < -0.3 is 15.2 Å². The summed E-state index contributed by atoms with van der Waals surface area (Å²) < 4.78 is 0. The molecule has 2 aromatic rings. The number of benzene rings is 1. The molecule has 6 nitrogen and oxygen atoms in total. The first kappa shape index (κ1) is 18.6. The summed E-state index contributed by atoms with van der Waals surface area (Å²) in [6.07, 6.45) is 7.92. The monoisotopic (exact) mass is 394 g/mol. The van der Waals surface area contributed by atoms with Gasteiger partial charge in [0.1, 0.15) is 5.82 Å². The van der Waals surface area contributed by atoms with Gasteiger partial charge in [0.25, 0.3) is 0 Å². The summed E-state index contributed by atoms with van der Waals surface area (Å²) in [6, 6.07) is 8.61. The van der Waals surface area contributed by atoms with E-state index in [-0.39, 0.29) is 17.7 Å². The van der Waals surface area contributed by atoms with Crippen molar-refractivity contribution in [3.63, 3.8) is 0 Å². The minimum Gasteiger partial charge on any atom is -0.356 e. The second kappa shape index (κ2) is 7.81. The number of para-hydroxylation sites is 2. The molecule has 1 unspecified atom stereocenters. The minimum atomic E-state index is -0.0276. The molecule has 154 valence electrons. The van der Waals surface area contributed by atoms with Crippen molar-refractivity contribution in [1.82, 2.24) is 20.2 Å². The van der Waals surface area contributed by atoms with Crippen LogP contribution in [0.25, 0.3) is 11.0 Å². The number of imidazole rings is 1. The molecule has 2 amide bonds. The van der Waals surface area contributed by atoms with E-state index in [1.165, 1.54) is 0 Å². The number of H-pyrrole nitrogens is 1. The molecule has 2 N–H and O–H groups in total. The number of fused-ring (bicyclic) bond motifs is 1. The number of aromatic nitrogens is 2. The molecule has 1 saturated heterocycles. The Kier molecular flexibility index (Phi) is 5.02. The quantitative estimate of drug-likeness (QED) is 0.816. The van der Waals surface area contributed by atoms with E-state index < -0.39 is 0 Å². The lowest BCUT2D eigenvalue weighted by Crippen LogP contribution is -2.47. The van der Waals surface area contributed by atoms with Gasteiger partial charge in [-0.25, -0.2) is 4.98 Å². The molecular formula is C23H30N4O2. The van der Waals surface area contributed by atoms with Crippen LogP contribution in [0.5, 0.6) is 0 Å². The number of carbonyl (C=O) groups excluding carboxylic acids is 2. The van der Waals surface area contributed by atoms with Gasteiger partial charge in [-0.3, -0.25) is 9.59 Å². The summed E-state index contributed by atoms with van der Waals surface area (Å²) in [5.74, 6) is 2.50. The van der Waals surface area contributed by atoms with E-state index in [4.69, 9.17) is 4.98 Å². The summed E-state index contributed by atoms with van der Waals surface area (Å²) in [7, 11) is 0. The average molecular weight is 395 g/mol. The molecule has 2 heterocycles. The zero-order valence-electron chi connectivity index (χ0n) is 16.9. The maximum Gasteiger partial charge on any atom is 0.224 e. The second-order valence-corrected chi connectivity index (χ2v) is 9.11. The van der Waals surface area contributed by atoms with Gasteiger partial charge in [0.2, 0.25) is 11.8 Å². The smallest absolute Gasteiger partial charge is 0.224 e. The average Bonchev–Trinajstić information content (AvgIpc) is 3.50. The molecule has 1 atom stereocenters. The number of likely N-dealkylation sites (tertiary alicyclic amines) is 1. The first-order valence-electron chi connectivity index (χ1n) is 11.2. The Morgan fingerprint density at radius 2 is 1.90 bits per heavy atom. The van der Waals surface area contributed by atoms with Crippen molar-refractivity contribution in [2.24, 2.45) is 11.8 Å². The molecule has 1 aromatic carbocycles. The lowest BCUT2D eigenvalue weighted by atomic mass is 9.81. The molecule has 5 rings (SSSR count). The van der Waals surface area contributed by atoms with Gasteiger partial charge in [-0.15, -0.1) is 0 Å². The second-order valence-electron chi connectivity index (χ2n) is 9.11. The predicted molar refractivity (Wildman–Crippen MR) is 111 cm³/mol. The first-order chi connectivity index (χ1) is 14.2. The maximum absolute atomic E-state index is 12.7. The fourth-order valence-electron chi connectivity index (χ4n) is 5.02. The summed E-state index contributed by atoms with van der Waals surface area (Å²) in [6.45, 7) is 1.38. The van der Waals surface area contributed by atoms with Crippen LogP contribution in [0.4, 0.5) is 0 Å². The Labute approximate surface area is 171 Å². The summed E-state index contributed by atoms with van der Waals surface area (Å²) >= 11 is 0. The molecule has 0 bridgehead atoms. The number of carbonyl (C=O) groups is 2. The predicted octanol–water partition coefficient (Wildman–Crippen LogP) is 3.35. The highest BCUT2D eigenvalue weighted by molar-refractivity contribution is 5.84. The number of nitrogens with zero attached hydrogens (tertiary/aromatic N) is 2. The normalized spacial score (nSPS) is 27.9. The van der Waals surface area contributed by atoms with Crippen LogP contribution in [0.3, 0.4) is 0 Å². The van der Waals surface area contributed by atoms with Crippen molar-refractivity contribution in [3.8, 4) is 0 Å². The number of piperidine rings is 1. The van der Waals surface area contributed by atoms with Crippen LogP contribution in [0, 0.1) is 11.8 Å². The lowest BCUT2D eigenvalue weighted by Gasteiger charge is -2.33. The first-order valence-corrected chi connectivity index (χ1v) is 11.2. The van der Waals surface area contributed by atoms with E-state index in [0.29, 0.717) is 37.3 Å². The fraction of sp³-hybridized carbons (Fsp3) is 0.609. The number of nitrogens with one attached hydrogen (secondary N) is 2. The van der Waals surface area contributed by atoms with E-state index in [1.807, 2.05) is 17.0 Å². The Balaban J connectivity index is 1.09. The largest absolute Gasteiger partial charge is 0.356 e. The molecular weight excluding hydrogens is 364 g/mol. The van der Waals surface area contributed by atoms with Crippen molar-refractivity contribution in [2.45, 2.75) is 63.3 Å². The van der Waals surface area contributed by atoms with E-state index in [9.17, 15) is 9.59 Å². The van der Waals surface area contributed by atoms with Gasteiger partial charge in [-0.2, -0.15) is 0 Å². The summed E-state index contributed by atoms with van der Waals surface area (Å²) in [5.41, 5.74) is 2.16. The molecule has 3 fully saturated rings. The molecule has 0 spiro atoms. The van der Waals surface area contributed by atoms with Crippen molar-refractivity contribution in [2.75, 3.05) is 13.1 Å². The van der Waals surface area contributed by atoms with Crippen LogP contribution in [0.15, 0.2) is 24.3 Å². The summed E-state index contributed by atoms with van der Waals surface area (Å²) in [4.78, 5) is 34.9. The van der Waals surface area contributed by atoms with Gasteiger partial charge in [-0.05, 0) is 63.0 Å². The van der Waals surface area contributed by atoms with Gasteiger partial charge >= 0.3 is 0 Å². The van der Waals surface area contributed by atoms with Crippen LogP contribution in [0.2, 0.25) is 0 Å². The van der Waals surface area contributed by atoms with Crippen LogP contribution < -0.4 is 5.32 Å². The SMILES string of the molecule is O=C(NCC1CCC(c2nc3ccccc3[nH]2)CC1)C1CCC(=O)N(C2CC2)C1. The zero-order valence-corrected chi connectivity index (χ0v) is 16.9. The van der Waals surface area contributed by atoms with Crippen molar-refractivity contribution < 1.29 is 9.59 Å². The molecule has 0 radical (unpaired) electrons. The van der Waals surface area contributed by atoms with Gasteiger partial charge in [0, 0.05) is 31.5 Å². The minimum absolute atomic E-state index is 0.0276. The lowest BCUT2D eigenvalue weighted by molar-refractivity contribution is -0.138. The zero-order chi connectivity index (χ0) is 19.8. The Morgan fingerprint density at radius 3 is 2.66 bits per heavy atom. The molecule has 3 aliphatic rings. The van der Waals surface area contributed by atoms with Crippen LogP contribution in [0.1, 0.15) is 63.1 Å². The van der Waals surface area contributed by atoms with Crippen molar-refractivity contribution in [3.05, 3.63) is 30.1 Å². The summed E-state index contributed by atoms with van der Waals surface area (Å²) in [5, 5.41) is 3.19. The van der Waals surface area contributed by atoms with E-state index in [2.05, 4.69) is 22.4 Å². The highest BCUT2D eigenvalue weighted by Gasteiger charge is 2.38. The number of amides is 2. The Bertz CT molecular complexity index is 862.